The molecular formula is C26H30N6O3. The molecule has 5 rings (SSSR count). The van der Waals surface area contributed by atoms with E-state index in [0.29, 0.717) is 17.9 Å². The Balaban J connectivity index is 1.29. The molecule has 0 bridgehead atoms. The number of nitrogens with zero attached hydrogens (tertiary/aromatic N) is 5. The Morgan fingerprint density at radius 3 is 2.71 bits per heavy atom. The van der Waals surface area contributed by atoms with Crippen LogP contribution in [0.1, 0.15) is 51.5 Å². The Bertz CT molecular complexity index is 1250. The third-order valence-electron chi connectivity index (χ3n) is 7.00. The summed E-state index contributed by atoms with van der Waals surface area (Å²) < 4.78 is 12.9. The van der Waals surface area contributed by atoms with Gasteiger partial charge in [-0.25, -0.2) is 14.3 Å². The molecule has 3 aromatic rings. The van der Waals surface area contributed by atoms with Crippen LogP contribution in [0.3, 0.4) is 0 Å². The second kappa shape index (κ2) is 9.45. The molecule has 1 aliphatic carbocycles. The third kappa shape index (κ3) is 4.74. The molecule has 0 atom stereocenters. The van der Waals surface area contributed by atoms with E-state index in [2.05, 4.69) is 28.3 Å². The van der Waals surface area contributed by atoms with Crippen LogP contribution >= 0.6 is 0 Å². The second-order valence-electron chi connectivity index (χ2n) is 9.52. The number of hydrogen-bond acceptors (Lipinski definition) is 7. The molecule has 1 aliphatic heterocycles. The highest BCUT2D eigenvalue weighted by Gasteiger charge is 2.33. The van der Waals surface area contributed by atoms with Crippen LogP contribution in [0.4, 0.5) is 10.6 Å². The molecule has 1 N–H and O–H groups in total. The number of rotatable bonds is 6. The molecule has 35 heavy (non-hydrogen) atoms. The SMILES string of the molecule is CCOc1cc(-c2ccc(N3CCC(C)(NC(=O)OC4CCC4)CC3)nc2)c2c(C#N)cnn2c1. The zero-order valence-corrected chi connectivity index (χ0v) is 20.2. The maximum Gasteiger partial charge on any atom is 0.407 e. The number of alkyl carbamates (subject to hydrolysis) is 1. The number of anilines is 1. The lowest BCUT2D eigenvalue weighted by Gasteiger charge is -2.40. The van der Waals surface area contributed by atoms with Gasteiger partial charge in [0.05, 0.1) is 30.1 Å². The number of hydrogen-bond donors (Lipinski definition) is 1. The summed E-state index contributed by atoms with van der Waals surface area (Å²) in [4.78, 5) is 19.2. The Hall–Kier alpha value is -3.80. The van der Waals surface area contributed by atoms with E-state index in [1.54, 1.807) is 16.9 Å². The van der Waals surface area contributed by atoms with Gasteiger partial charge in [-0.1, -0.05) is 0 Å². The summed E-state index contributed by atoms with van der Waals surface area (Å²) in [6.07, 6.45) is 9.68. The lowest BCUT2D eigenvalue weighted by Crippen LogP contribution is -2.54. The van der Waals surface area contributed by atoms with Crippen molar-refractivity contribution in [3.05, 3.63) is 42.4 Å². The first-order valence-corrected chi connectivity index (χ1v) is 12.2. The maximum absolute atomic E-state index is 12.2. The van der Waals surface area contributed by atoms with E-state index in [-0.39, 0.29) is 17.7 Å². The Morgan fingerprint density at radius 2 is 2.09 bits per heavy atom. The first-order valence-electron chi connectivity index (χ1n) is 12.2. The van der Waals surface area contributed by atoms with Crippen LogP contribution in [-0.4, -0.2) is 52.0 Å². The van der Waals surface area contributed by atoms with E-state index in [1.165, 1.54) is 0 Å². The molecule has 182 valence electrons. The molecule has 0 radical (unpaired) electrons. The summed E-state index contributed by atoms with van der Waals surface area (Å²) in [6, 6.07) is 8.17. The van der Waals surface area contributed by atoms with Crippen LogP contribution in [0.5, 0.6) is 5.75 Å². The average Bonchev–Trinajstić information content (AvgIpc) is 3.25. The number of aromatic nitrogens is 3. The van der Waals surface area contributed by atoms with E-state index < -0.39 is 0 Å². The highest BCUT2D eigenvalue weighted by molar-refractivity contribution is 5.85. The standard InChI is InChI=1S/C26H30N6O3/c1-3-34-21-13-22(24-19(14-27)16-29-32(24)17-21)18-7-8-23(28-15-18)31-11-9-26(2,10-12-31)30-25(33)35-20-5-4-6-20/h7-8,13,15-17,20H,3-6,9-12H2,1-2H3,(H,30,33). The minimum Gasteiger partial charge on any atom is -0.492 e. The van der Waals surface area contributed by atoms with Crippen LogP contribution in [0.2, 0.25) is 0 Å². The summed E-state index contributed by atoms with van der Waals surface area (Å²) in [5.41, 5.74) is 2.70. The van der Waals surface area contributed by atoms with Gasteiger partial charge in [0.1, 0.15) is 23.7 Å². The lowest BCUT2D eigenvalue weighted by atomic mass is 9.89. The fourth-order valence-corrected chi connectivity index (χ4v) is 4.65. The molecule has 0 unspecified atom stereocenters. The van der Waals surface area contributed by atoms with Crippen molar-refractivity contribution in [2.45, 2.75) is 57.6 Å². The van der Waals surface area contributed by atoms with Crippen LogP contribution < -0.4 is 15.0 Å². The molecule has 1 amide bonds. The monoisotopic (exact) mass is 474 g/mol. The van der Waals surface area contributed by atoms with Gasteiger partial charge in [0.25, 0.3) is 0 Å². The largest absolute Gasteiger partial charge is 0.492 e. The van der Waals surface area contributed by atoms with Crippen molar-refractivity contribution in [2.24, 2.45) is 0 Å². The normalized spacial score (nSPS) is 17.5. The molecule has 4 heterocycles. The average molecular weight is 475 g/mol. The highest BCUT2D eigenvalue weighted by atomic mass is 16.6. The number of piperidine rings is 1. The second-order valence-corrected chi connectivity index (χ2v) is 9.52. The molecule has 3 aromatic heterocycles. The summed E-state index contributed by atoms with van der Waals surface area (Å²) in [6.45, 7) is 6.13. The fraction of sp³-hybridized carbons (Fsp3) is 0.462. The Kier molecular flexibility index (Phi) is 6.20. The summed E-state index contributed by atoms with van der Waals surface area (Å²) in [5, 5.41) is 16.9. The molecule has 0 aromatic carbocycles. The van der Waals surface area contributed by atoms with Gasteiger partial charge in [0.15, 0.2) is 0 Å². The van der Waals surface area contributed by atoms with Crippen molar-refractivity contribution in [3.8, 4) is 22.9 Å². The van der Waals surface area contributed by atoms with Crippen molar-refractivity contribution in [1.29, 1.82) is 5.26 Å². The number of ether oxygens (including phenoxy) is 2. The topological polar surface area (TPSA) is 105 Å². The first-order chi connectivity index (χ1) is 17.0. The number of amides is 1. The molecule has 2 fully saturated rings. The highest BCUT2D eigenvalue weighted by Crippen LogP contribution is 2.32. The molecule has 9 nitrogen and oxygen atoms in total. The summed E-state index contributed by atoms with van der Waals surface area (Å²) >= 11 is 0. The predicted octanol–water partition coefficient (Wildman–Crippen LogP) is 4.30. The number of nitrogens with one attached hydrogen (secondary N) is 1. The molecule has 2 aliphatic rings. The quantitative estimate of drug-likeness (QED) is 0.568. The van der Waals surface area contributed by atoms with Crippen molar-refractivity contribution in [2.75, 3.05) is 24.6 Å². The van der Waals surface area contributed by atoms with Gasteiger partial charge in [0.2, 0.25) is 0 Å². The molecular weight excluding hydrogens is 444 g/mol. The van der Waals surface area contributed by atoms with Crippen LogP contribution in [0, 0.1) is 11.3 Å². The van der Waals surface area contributed by atoms with Gasteiger partial charge in [-0.3, -0.25) is 0 Å². The predicted molar refractivity (Wildman–Crippen MR) is 131 cm³/mol. The number of pyridine rings is 2. The zero-order chi connectivity index (χ0) is 24.4. The van der Waals surface area contributed by atoms with Crippen molar-refractivity contribution in [3.63, 3.8) is 0 Å². The first kappa shape index (κ1) is 23.0. The summed E-state index contributed by atoms with van der Waals surface area (Å²) in [5.74, 6) is 1.57. The van der Waals surface area contributed by atoms with Gasteiger partial charge >= 0.3 is 6.09 Å². The number of carbonyl (C=O) groups is 1. The third-order valence-corrected chi connectivity index (χ3v) is 7.00. The number of nitriles is 1. The molecule has 9 heteroatoms. The van der Waals surface area contributed by atoms with Gasteiger partial charge in [0, 0.05) is 36.0 Å². The van der Waals surface area contributed by atoms with E-state index in [1.807, 2.05) is 31.3 Å². The van der Waals surface area contributed by atoms with E-state index in [9.17, 15) is 10.1 Å². The smallest absolute Gasteiger partial charge is 0.407 e. The van der Waals surface area contributed by atoms with Gasteiger partial charge in [-0.2, -0.15) is 10.4 Å². The van der Waals surface area contributed by atoms with Crippen LogP contribution in [0.15, 0.2) is 36.8 Å². The molecule has 0 spiro atoms. The Morgan fingerprint density at radius 1 is 1.29 bits per heavy atom. The van der Waals surface area contributed by atoms with Crippen molar-refractivity contribution < 1.29 is 14.3 Å². The maximum atomic E-state index is 12.2. The fourth-order valence-electron chi connectivity index (χ4n) is 4.65. The number of fused-ring (bicyclic) bond motifs is 1. The van der Waals surface area contributed by atoms with Crippen LogP contribution in [0.25, 0.3) is 16.6 Å². The number of carbonyl (C=O) groups excluding carboxylic acids is 1. The minimum absolute atomic E-state index is 0.0867. The van der Waals surface area contributed by atoms with Gasteiger partial charge in [-0.15, -0.1) is 0 Å². The van der Waals surface area contributed by atoms with Gasteiger partial charge in [-0.05, 0) is 64.2 Å². The molecule has 1 saturated heterocycles. The van der Waals surface area contributed by atoms with Crippen molar-refractivity contribution in [1.82, 2.24) is 19.9 Å². The minimum atomic E-state index is -0.301. The van der Waals surface area contributed by atoms with Gasteiger partial charge < -0.3 is 19.7 Å². The van der Waals surface area contributed by atoms with Crippen molar-refractivity contribution >= 4 is 17.4 Å². The lowest BCUT2D eigenvalue weighted by molar-refractivity contribution is 0.0452. The van der Waals surface area contributed by atoms with E-state index >= 15 is 0 Å². The van der Waals surface area contributed by atoms with E-state index in [0.717, 1.165) is 67.7 Å². The zero-order valence-electron chi connectivity index (χ0n) is 20.2. The van der Waals surface area contributed by atoms with E-state index in [4.69, 9.17) is 14.5 Å². The summed E-state index contributed by atoms with van der Waals surface area (Å²) in [7, 11) is 0. The molecule has 1 saturated carbocycles. The van der Waals surface area contributed by atoms with Crippen LogP contribution in [-0.2, 0) is 4.74 Å². The Labute approximate surface area is 204 Å².